The Morgan fingerprint density at radius 1 is 0.733 bits per heavy atom. The first-order valence-electron chi connectivity index (χ1n) is 9.74. The summed E-state index contributed by atoms with van der Waals surface area (Å²) < 4.78 is 0. The van der Waals surface area contributed by atoms with Gasteiger partial charge in [-0.05, 0) is 29.8 Å². The predicted octanol–water partition coefficient (Wildman–Crippen LogP) is 5.09. The molecule has 0 aliphatic rings. The van der Waals surface area contributed by atoms with Crippen LogP contribution in [0.25, 0.3) is 0 Å². The van der Waals surface area contributed by atoms with Crippen molar-refractivity contribution in [3.8, 4) is 0 Å². The average molecular weight is 394 g/mol. The Morgan fingerprint density at radius 3 is 1.80 bits per heavy atom. The topological polar surface area (TPSA) is 49.3 Å². The van der Waals surface area contributed by atoms with Crippen LogP contribution in [0.1, 0.15) is 15.9 Å². The number of carbonyl (C=O) groups is 1. The number of carbonyl (C=O) groups excluding carboxylic acids is 1. The lowest BCUT2D eigenvalue weighted by molar-refractivity contribution is 0.0984. The maximum Gasteiger partial charge on any atom is 0.261 e. The smallest absolute Gasteiger partial charge is 0.261 e. The summed E-state index contributed by atoms with van der Waals surface area (Å²) in [4.78, 5) is 25.8. The molecule has 5 heteroatoms. The molecule has 0 aliphatic carbocycles. The minimum atomic E-state index is -0.140. The summed E-state index contributed by atoms with van der Waals surface area (Å²) in [5, 5.41) is 0. The third-order valence-electron chi connectivity index (χ3n) is 4.83. The monoisotopic (exact) mass is 394 g/mol. The van der Waals surface area contributed by atoms with Crippen molar-refractivity contribution >= 4 is 23.2 Å². The molecular weight excluding hydrogens is 372 g/mol. The standard InChI is InChI=1S/C25H22N4O/c1-28(22-13-7-3-8-14-22)25-26-17-21(18-27-25)24(30)29(23-15-9-4-10-16-23)19-20-11-5-2-6-12-20/h2-18H,19H2,1H3. The largest absolute Gasteiger partial charge is 0.314 e. The predicted molar refractivity (Wildman–Crippen MR) is 120 cm³/mol. The summed E-state index contributed by atoms with van der Waals surface area (Å²) in [6.07, 6.45) is 3.18. The highest BCUT2D eigenvalue weighted by Gasteiger charge is 2.19. The van der Waals surface area contributed by atoms with E-state index in [2.05, 4.69) is 9.97 Å². The summed E-state index contributed by atoms with van der Waals surface area (Å²) >= 11 is 0. The summed E-state index contributed by atoms with van der Waals surface area (Å²) in [7, 11) is 1.90. The molecule has 4 rings (SSSR count). The highest BCUT2D eigenvalue weighted by molar-refractivity contribution is 6.05. The zero-order valence-corrected chi connectivity index (χ0v) is 16.7. The highest BCUT2D eigenvalue weighted by atomic mass is 16.2. The van der Waals surface area contributed by atoms with E-state index in [1.807, 2.05) is 103 Å². The third-order valence-corrected chi connectivity index (χ3v) is 4.83. The van der Waals surface area contributed by atoms with Crippen molar-refractivity contribution in [2.24, 2.45) is 0 Å². The maximum atomic E-state index is 13.3. The molecule has 0 aliphatic heterocycles. The first kappa shape index (κ1) is 19.3. The average Bonchev–Trinajstić information content (AvgIpc) is 2.83. The number of hydrogen-bond acceptors (Lipinski definition) is 4. The Balaban J connectivity index is 1.60. The lowest BCUT2D eigenvalue weighted by atomic mass is 10.1. The van der Waals surface area contributed by atoms with Gasteiger partial charge in [0, 0.05) is 30.8 Å². The van der Waals surface area contributed by atoms with Gasteiger partial charge >= 0.3 is 0 Å². The van der Waals surface area contributed by atoms with Gasteiger partial charge in [0.05, 0.1) is 12.1 Å². The van der Waals surface area contributed by atoms with E-state index < -0.39 is 0 Å². The molecule has 0 saturated heterocycles. The van der Waals surface area contributed by atoms with E-state index in [4.69, 9.17) is 0 Å². The Hall–Kier alpha value is -3.99. The van der Waals surface area contributed by atoms with Gasteiger partial charge in [0.1, 0.15) is 0 Å². The number of benzene rings is 3. The molecule has 0 fully saturated rings. The number of rotatable bonds is 6. The summed E-state index contributed by atoms with van der Waals surface area (Å²) in [6, 6.07) is 29.4. The van der Waals surface area contributed by atoms with Crippen LogP contribution in [-0.2, 0) is 6.54 Å². The van der Waals surface area contributed by atoms with E-state index >= 15 is 0 Å². The zero-order valence-electron chi connectivity index (χ0n) is 16.7. The molecule has 1 heterocycles. The number of hydrogen-bond donors (Lipinski definition) is 0. The number of amides is 1. The first-order chi connectivity index (χ1) is 14.7. The van der Waals surface area contributed by atoms with Crippen molar-refractivity contribution in [2.75, 3.05) is 16.8 Å². The molecule has 3 aromatic carbocycles. The minimum Gasteiger partial charge on any atom is -0.314 e. The zero-order chi connectivity index (χ0) is 20.8. The van der Waals surface area contributed by atoms with E-state index in [-0.39, 0.29) is 5.91 Å². The van der Waals surface area contributed by atoms with Gasteiger partial charge in [-0.3, -0.25) is 4.79 Å². The minimum absolute atomic E-state index is 0.140. The second-order valence-corrected chi connectivity index (χ2v) is 6.88. The van der Waals surface area contributed by atoms with Crippen molar-refractivity contribution in [1.82, 2.24) is 9.97 Å². The van der Waals surface area contributed by atoms with E-state index in [0.29, 0.717) is 18.1 Å². The second kappa shape index (κ2) is 9.01. The fourth-order valence-electron chi connectivity index (χ4n) is 3.18. The van der Waals surface area contributed by atoms with Crippen molar-refractivity contribution < 1.29 is 4.79 Å². The van der Waals surface area contributed by atoms with Gasteiger partial charge in [-0.15, -0.1) is 0 Å². The molecule has 0 N–H and O–H groups in total. The summed E-state index contributed by atoms with van der Waals surface area (Å²) in [5.74, 6) is 0.394. The quantitative estimate of drug-likeness (QED) is 0.457. The molecule has 30 heavy (non-hydrogen) atoms. The fraction of sp³-hybridized carbons (Fsp3) is 0.0800. The number of aromatic nitrogens is 2. The van der Waals surface area contributed by atoms with Gasteiger partial charge < -0.3 is 9.80 Å². The fourth-order valence-corrected chi connectivity index (χ4v) is 3.18. The molecule has 1 amide bonds. The van der Waals surface area contributed by atoms with Crippen molar-refractivity contribution in [3.63, 3.8) is 0 Å². The Labute approximate surface area is 176 Å². The molecule has 0 bridgehead atoms. The van der Waals surface area contributed by atoms with Crippen molar-refractivity contribution in [3.05, 3.63) is 115 Å². The SMILES string of the molecule is CN(c1ccccc1)c1ncc(C(=O)N(Cc2ccccc2)c2ccccc2)cn1. The molecular formula is C25H22N4O. The van der Waals surface area contributed by atoms with Gasteiger partial charge in [0.25, 0.3) is 5.91 Å². The Kier molecular flexibility index (Phi) is 5.80. The van der Waals surface area contributed by atoms with Gasteiger partial charge in [-0.1, -0.05) is 66.7 Å². The van der Waals surface area contributed by atoms with Gasteiger partial charge in [0.15, 0.2) is 0 Å². The van der Waals surface area contributed by atoms with Crippen LogP contribution in [-0.4, -0.2) is 22.9 Å². The van der Waals surface area contributed by atoms with Crippen LogP contribution >= 0.6 is 0 Å². The van der Waals surface area contributed by atoms with E-state index in [1.165, 1.54) is 0 Å². The molecule has 4 aromatic rings. The van der Waals surface area contributed by atoms with Crippen LogP contribution in [0.3, 0.4) is 0 Å². The third kappa shape index (κ3) is 4.36. The highest BCUT2D eigenvalue weighted by Crippen LogP contribution is 2.22. The number of para-hydroxylation sites is 2. The van der Waals surface area contributed by atoms with Crippen LogP contribution in [0, 0.1) is 0 Å². The van der Waals surface area contributed by atoms with Crippen LogP contribution in [0.15, 0.2) is 103 Å². The summed E-state index contributed by atoms with van der Waals surface area (Å²) in [6.45, 7) is 0.468. The molecule has 0 unspecified atom stereocenters. The van der Waals surface area contributed by atoms with Crippen LogP contribution in [0.4, 0.5) is 17.3 Å². The number of nitrogens with zero attached hydrogens (tertiary/aromatic N) is 4. The van der Waals surface area contributed by atoms with E-state index in [9.17, 15) is 4.79 Å². The molecule has 0 spiro atoms. The van der Waals surface area contributed by atoms with Crippen molar-refractivity contribution in [1.29, 1.82) is 0 Å². The lowest BCUT2D eigenvalue weighted by Crippen LogP contribution is -2.30. The Bertz CT molecular complexity index is 1080. The molecule has 5 nitrogen and oxygen atoms in total. The van der Waals surface area contributed by atoms with Crippen LogP contribution in [0.5, 0.6) is 0 Å². The summed E-state index contributed by atoms with van der Waals surface area (Å²) in [5.41, 5.74) is 3.31. The van der Waals surface area contributed by atoms with Crippen LogP contribution in [0.2, 0.25) is 0 Å². The van der Waals surface area contributed by atoms with Gasteiger partial charge in [-0.2, -0.15) is 0 Å². The second-order valence-electron chi connectivity index (χ2n) is 6.88. The van der Waals surface area contributed by atoms with Crippen molar-refractivity contribution in [2.45, 2.75) is 6.54 Å². The molecule has 0 saturated carbocycles. The first-order valence-corrected chi connectivity index (χ1v) is 9.74. The van der Waals surface area contributed by atoms with Crippen LogP contribution < -0.4 is 9.80 Å². The molecule has 0 atom stereocenters. The Morgan fingerprint density at radius 2 is 1.23 bits per heavy atom. The molecule has 0 radical (unpaired) electrons. The van der Waals surface area contributed by atoms with E-state index in [0.717, 1.165) is 16.9 Å². The van der Waals surface area contributed by atoms with Gasteiger partial charge in [0.2, 0.25) is 5.95 Å². The normalized spacial score (nSPS) is 10.4. The maximum absolute atomic E-state index is 13.3. The number of anilines is 3. The van der Waals surface area contributed by atoms with E-state index in [1.54, 1.807) is 17.3 Å². The molecule has 1 aromatic heterocycles. The van der Waals surface area contributed by atoms with Gasteiger partial charge in [-0.25, -0.2) is 9.97 Å². The lowest BCUT2D eigenvalue weighted by Gasteiger charge is -2.23. The molecule has 148 valence electrons.